The molecule has 6 amide bonds. The molecule has 0 unspecified atom stereocenters. The molecule has 332 valence electrons. The van der Waals surface area contributed by atoms with Crippen LogP contribution in [-0.2, 0) is 54.9 Å². The molecule has 0 bridgehead atoms. The molecule has 2 aromatic rings. The van der Waals surface area contributed by atoms with Crippen LogP contribution >= 0.6 is 0 Å². The van der Waals surface area contributed by atoms with Crippen LogP contribution in [0.15, 0.2) is 12.4 Å². The second-order valence-corrected chi connectivity index (χ2v) is 17.0. The van der Waals surface area contributed by atoms with Gasteiger partial charge in [0.1, 0.15) is 23.5 Å². The molecule has 2 aromatic heterocycles. The number of carbonyl (C=O) groups excluding carboxylic acids is 6. The lowest BCUT2D eigenvalue weighted by atomic mass is 9.85. The molecule has 4 heterocycles. The smallest absolute Gasteiger partial charge is 0.245 e. The molecule has 6 N–H and O–H groups in total. The number of amides is 6. The maximum Gasteiger partial charge on any atom is 0.245 e. The van der Waals surface area contributed by atoms with Gasteiger partial charge >= 0.3 is 0 Å². The summed E-state index contributed by atoms with van der Waals surface area (Å²) in [6.45, 7) is 20.8. The van der Waals surface area contributed by atoms with E-state index in [-0.39, 0.29) is 46.5 Å². The average molecular weight is 831 g/mol. The molecule has 2 aliphatic heterocycles. The molecular weight excluding hydrogens is 761 g/mol. The summed E-state index contributed by atoms with van der Waals surface area (Å²) in [5.74, 6) is -0.173. The van der Waals surface area contributed by atoms with Gasteiger partial charge in [0.25, 0.3) is 0 Å². The van der Waals surface area contributed by atoms with Gasteiger partial charge in [0.15, 0.2) is 0 Å². The average Bonchev–Trinajstić information content (AvgIpc) is 4.05. The van der Waals surface area contributed by atoms with E-state index in [2.05, 4.69) is 52.5 Å². The van der Waals surface area contributed by atoms with Crippen LogP contribution in [0.3, 0.4) is 0 Å². The van der Waals surface area contributed by atoms with Crippen molar-refractivity contribution in [1.82, 2.24) is 71.7 Å². The Morgan fingerprint density at radius 2 is 0.983 bits per heavy atom. The highest BCUT2D eigenvalue weighted by Crippen LogP contribution is 2.24. The number of aromatic nitrogens is 6. The van der Waals surface area contributed by atoms with Gasteiger partial charge in [-0.15, -0.1) is 10.2 Å². The summed E-state index contributed by atoms with van der Waals surface area (Å²) in [6, 6.07) is -1.52. The Bertz CT molecular complexity index is 1490. The first-order valence-corrected chi connectivity index (χ1v) is 20.5. The largest absolute Gasteiger partial charge is 0.353 e. The summed E-state index contributed by atoms with van der Waals surface area (Å²) in [5.41, 5.74) is 0.848. The van der Waals surface area contributed by atoms with Crippen molar-refractivity contribution in [3.05, 3.63) is 23.8 Å². The van der Waals surface area contributed by atoms with Gasteiger partial charge in [-0.2, -0.15) is 0 Å². The van der Waals surface area contributed by atoms with E-state index >= 15 is 0 Å². The van der Waals surface area contributed by atoms with Gasteiger partial charge < -0.3 is 41.7 Å². The molecule has 59 heavy (non-hydrogen) atoms. The Hall–Kier alpha value is -4.98. The van der Waals surface area contributed by atoms with Crippen LogP contribution in [0.2, 0.25) is 0 Å². The second kappa shape index (κ2) is 24.8. The molecule has 2 fully saturated rings. The quantitative estimate of drug-likeness (QED) is 0.108. The van der Waals surface area contributed by atoms with Crippen LogP contribution in [0.25, 0.3) is 0 Å². The van der Waals surface area contributed by atoms with Crippen LogP contribution in [-0.4, -0.2) is 141 Å². The van der Waals surface area contributed by atoms with Crippen molar-refractivity contribution < 1.29 is 28.8 Å². The van der Waals surface area contributed by atoms with Crippen molar-refractivity contribution in [2.45, 2.75) is 138 Å². The normalized spacial score (nSPS) is 16.0. The van der Waals surface area contributed by atoms with E-state index in [0.29, 0.717) is 50.4 Å². The Morgan fingerprint density at radius 1 is 0.644 bits per heavy atom. The molecule has 4 rings (SSSR count). The molecule has 0 radical (unpaired) electrons. The van der Waals surface area contributed by atoms with Gasteiger partial charge in [-0.25, -0.2) is 0 Å². The Labute approximate surface area is 349 Å². The van der Waals surface area contributed by atoms with E-state index in [4.69, 9.17) is 0 Å². The SMILES string of the molecule is CN[C@@H](C)C(=O)N[C@H](C(=O)N1CCCC1)C(C)(C)C.CN[C@@H](C)C(=O)N[C@H](C(=O)N1CCCC1)C(C)(C)C.O=CNCc1cn(CCCn2cc(CNC=O)nn2)nn1. The summed E-state index contributed by atoms with van der Waals surface area (Å²) in [6.07, 6.45) is 9.88. The topological polar surface area (TPSA) is 242 Å². The summed E-state index contributed by atoms with van der Waals surface area (Å²) < 4.78 is 3.43. The van der Waals surface area contributed by atoms with E-state index in [9.17, 15) is 28.8 Å². The second-order valence-electron chi connectivity index (χ2n) is 17.0. The molecule has 20 nitrogen and oxygen atoms in total. The molecule has 20 heteroatoms. The number of carbonyl (C=O) groups is 6. The maximum atomic E-state index is 12.5. The first kappa shape index (κ1) is 50.2. The summed E-state index contributed by atoms with van der Waals surface area (Å²) in [5, 5.41) is 32.4. The molecule has 0 spiro atoms. The maximum absolute atomic E-state index is 12.5. The minimum Gasteiger partial charge on any atom is -0.353 e. The zero-order chi connectivity index (χ0) is 44.2. The summed E-state index contributed by atoms with van der Waals surface area (Å²) in [4.78, 5) is 73.1. The van der Waals surface area contributed by atoms with E-state index in [1.54, 1.807) is 49.7 Å². The predicted octanol–water partition coefficient (Wildman–Crippen LogP) is -0.0529. The molecule has 2 saturated heterocycles. The Kier molecular flexibility index (Phi) is 21.1. The van der Waals surface area contributed by atoms with E-state index in [1.165, 1.54) is 0 Å². The van der Waals surface area contributed by atoms with Crippen molar-refractivity contribution in [2.75, 3.05) is 40.3 Å². The lowest BCUT2D eigenvalue weighted by Crippen LogP contribution is -2.57. The van der Waals surface area contributed by atoms with Gasteiger partial charge in [-0.1, -0.05) is 52.0 Å². The van der Waals surface area contributed by atoms with Crippen LogP contribution in [0.1, 0.15) is 98.9 Å². The summed E-state index contributed by atoms with van der Waals surface area (Å²) in [7, 11) is 3.47. The van der Waals surface area contributed by atoms with Gasteiger partial charge in [0.2, 0.25) is 36.4 Å². The van der Waals surface area contributed by atoms with Crippen LogP contribution in [0.4, 0.5) is 0 Å². The van der Waals surface area contributed by atoms with Gasteiger partial charge in [0.05, 0.1) is 37.6 Å². The molecule has 2 aliphatic rings. The summed E-state index contributed by atoms with van der Waals surface area (Å²) >= 11 is 0. The van der Waals surface area contributed by atoms with Crippen molar-refractivity contribution >= 4 is 36.4 Å². The highest BCUT2D eigenvalue weighted by molar-refractivity contribution is 5.91. The van der Waals surface area contributed by atoms with Crippen LogP contribution in [0, 0.1) is 10.8 Å². The highest BCUT2D eigenvalue weighted by atomic mass is 16.2. The predicted molar refractivity (Wildman–Crippen MR) is 222 cm³/mol. The van der Waals surface area contributed by atoms with E-state index < -0.39 is 12.1 Å². The van der Waals surface area contributed by atoms with Gasteiger partial charge in [-0.3, -0.25) is 38.1 Å². The molecular formula is C39H70N14O6. The number of hydrogen-bond acceptors (Lipinski definition) is 12. The fourth-order valence-corrected chi connectivity index (χ4v) is 6.08. The lowest BCUT2D eigenvalue weighted by Gasteiger charge is -2.34. The van der Waals surface area contributed by atoms with Gasteiger partial charge in [-0.05, 0) is 70.9 Å². The van der Waals surface area contributed by atoms with E-state index in [1.807, 2.05) is 51.3 Å². The van der Waals surface area contributed by atoms with Gasteiger partial charge in [0, 0.05) is 39.3 Å². The number of aryl methyl sites for hydroxylation is 2. The number of likely N-dealkylation sites (tertiary alicyclic amines) is 2. The zero-order valence-electron chi connectivity index (χ0n) is 36.8. The first-order valence-electron chi connectivity index (χ1n) is 20.5. The first-order chi connectivity index (χ1) is 27.9. The fourth-order valence-electron chi connectivity index (χ4n) is 6.08. The monoisotopic (exact) mass is 831 g/mol. The number of hydrogen-bond donors (Lipinski definition) is 6. The molecule has 0 saturated carbocycles. The minimum absolute atomic E-state index is 0.0432. The Morgan fingerprint density at radius 3 is 1.27 bits per heavy atom. The van der Waals surface area contributed by atoms with Crippen molar-refractivity contribution in [1.29, 1.82) is 0 Å². The van der Waals surface area contributed by atoms with E-state index in [0.717, 1.165) is 58.3 Å². The molecule has 0 aromatic carbocycles. The van der Waals surface area contributed by atoms with Crippen LogP contribution < -0.4 is 31.9 Å². The van der Waals surface area contributed by atoms with Crippen molar-refractivity contribution in [3.8, 4) is 0 Å². The third-order valence-electron chi connectivity index (χ3n) is 9.97. The van der Waals surface area contributed by atoms with Crippen molar-refractivity contribution in [3.63, 3.8) is 0 Å². The third kappa shape index (κ3) is 17.4. The highest BCUT2D eigenvalue weighted by Gasteiger charge is 2.38. The van der Waals surface area contributed by atoms with Crippen LogP contribution in [0.5, 0.6) is 0 Å². The number of rotatable bonds is 18. The fraction of sp³-hybridized carbons (Fsp3) is 0.744. The number of nitrogens with zero attached hydrogens (tertiary/aromatic N) is 8. The number of nitrogens with one attached hydrogen (secondary N) is 6. The lowest BCUT2D eigenvalue weighted by molar-refractivity contribution is -0.139. The number of likely N-dealkylation sites (N-methyl/N-ethyl adjacent to an activating group) is 2. The minimum atomic E-state index is -0.464. The third-order valence-corrected chi connectivity index (χ3v) is 9.97. The molecule has 0 aliphatic carbocycles. The Balaban J connectivity index is 0.000000306. The standard InChI is InChI=1S/2C14H27N3O2.C11H16N8O2/c2*1-10(15-5)12(18)16-11(14(2,3)4)13(19)17-8-6-7-9-17;20-8-12-4-10-6-18(16-14-10)2-1-3-19-7-11(15-17-19)5-13-9-21/h2*10-11,15H,6-9H2,1-5H3,(H,16,18);6-9H,1-5H2,(H,12,20)(H,13,21)/t2*10-,11+;/m00./s1. The zero-order valence-corrected chi connectivity index (χ0v) is 36.8. The molecule has 4 atom stereocenters. The van der Waals surface area contributed by atoms with Crippen molar-refractivity contribution in [2.24, 2.45) is 10.8 Å².